The van der Waals surface area contributed by atoms with Gasteiger partial charge in [0, 0.05) is 6.42 Å². The molecular formula is C27H44O4. The van der Waals surface area contributed by atoms with Crippen molar-refractivity contribution in [1.82, 2.24) is 0 Å². The summed E-state index contributed by atoms with van der Waals surface area (Å²) in [6, 6.07) is 0. The van der Waals surface area contributed by atoms with E-state index in [9.17, 15) is 4.79 Å². The minimum atomic E-state index is -0.301. The summed E-state index contributed by atoms with van der Waals surface area (Å²) in [4.78, 5) is 17.6. The van der Waals surface area contributed by atoms with Crippen molar-refractivity contribution in [2.45, 2.75) is 105 Å². The molecule has 4 heteroatoms. The summed E-state index contributed by atoms with van der Waals surface area (Å²) in [5.41, 5.74) is 1.47. The van der Waals surface area contributed by atoms with Crippen LogP contribution in [0.15, 0.2) is 11.6 Å². The first-order chi connectivity index (χ1) is 14.7. The third-order valence-corrected chi connectivity index (χ3v) is 10.3. The molecule has 31 heavy (non-hydrogen) atoms. The molecule has 3 fully saturated rings. The van der Waals surface area contributed by atoms with Crippen LogP contribution < -0.4 is 0 Å². The lowest BCUT2D eigenvalue weighted by atomic mass is 9.46. The second-order valence-corrected chi connectivity index (χ2v) is 12.3. The quantitative estimate of drug-likeness (QED) is 0.348. The number of hydrogen-bond donors (Lipinski definition) is 1. The van der Waals surface area contributed by atoms with Gasteiger partial charge in [-0.2, -0.15) is 4.89 Å². The Morgan fingerprint density at radius 2 is 1.87 bits per heavy atom. The van der Waals surface area contributed by atoms with Crippen LogP contribution in [0.1, 0.15) is 98.8 Å². The number of rotatable bonds is 7. The summed E-state index contributed by atoms with van der Waals surface area (Å²) in [5.74, 6) is 4.50. The molecule has 0 amide bonds. The maximum Gasteiger partial charge on any atom is 0.155 e. The zero-order valence-electron chi connectivity index (χ0n) is 20.4. The molecule has 8 atom stereocenters. The first-order valence-corrected chi connectivity index (χ1v) is 12.9. The Morgan fingerprint density at radius 3 is 2.58 bits per heavy atom. The lowest BCUT2D eigenvalue weighted by Crippen LogP contribution is -2.54. The first-order valence-electron chi connectivity index (χ1n) is 12.9. The van der Waals surface area contributed by atoms with Gasteiger partial charge in [-0.15, -0.1) is 0 Å². The van der Waals surface area contributed by atoms with Crippen LogP contribution in [0.5, 0.6) is 0 Å². The lowest BCUT2D eigenvalue weighted by Gasteiger charge is -2.59. The fraction of sp³-hybridized carbons (Fsp3) is 0.889. The van der Waals surface area contributed by atoms with Crippen molar-refractivity contribution in [1.29, 1.82) is 0 Å². The maximum atomic E-state index is 12.2. The van der Waals surface area contributed by atoms with Crippen molar-refractivity contribution < 1.29 is 20.0 Å². The summed E-state index contributed by atoms with van der Waals surface area (Å²) >= 11 is 0. The van der Waals surface area contributed by atoms with E-state index < -0.39 is 0 Å². The summed E-state index contributed by atoms with van der Waals surface area (Å²) < 4.78 is 0. The Balaban J connectivity index is 1.56. The van der Waals surface area contributed by atoms with Crippen LogP contribution in [0.25, 0.3) is 0 Å². The Kier molecular flexibility index (Phi) is 6.74. The largest absolute Gasteiger partial charge is 0.295 e. The van der Waals surface area contributed by atoms with Gasteiger partial charge in [0.05, 0.1) is 0 Å². The normalized spacial score (nSPS) is 43.3. The highest BCUT2D eigenvalue weighted by Crippen LogP contribution is 2.68. The zero-order chi connectivity index (χ0) is 22.4. The Bertz CT molecular complexity index is 699. The topological polar surface area (TPSA) is 55.8 Å². The molecule has 3 saturated carbocycles. The van der Waals surface area contributed by atoms with E-state index in [2.05, 4.69) is 39.7 Å². The summed E-state index contributed by atoms with van der Waals surface area (Å²) in [7, 11) is 0. The fourth-order valence-corrected chi connectivity index (χ4v) is 8.75. The monoisotopic (exact) mass is 432 g/mol. The molecule has 0 bridgehead atoms. The van der Waals surface area contributed by atoms with Crippen LogP contribution in [0.3, 0.4) is 0 Å². The van der Waals surface area contributed by atoms with Crippen molar-refractivity contribution in [3.63, 3.8) is 0 Å². The number of fused-ring (bicyclic) bond motifs is 5. The smallest absolute Gasteiger partial charge is 0.155 e. The molecule has 0 radical (unpaired) electrons. The van der Waals surface area contributed by atoms with Gasteiger partial charge in [0.2, 0.25) is 0 Å². The van der Waals surface area contributed by atoms with Crippen LogP contribution in [0, 0.1) is 46.3 Å². The van der Waals surface area contributed by atoms with Crippen LogP contribution in [-0.2, 0) is 14.7 Å². The highest BCUT2D eigenvalue weighted by atomic mass is 17.5. The molecule has 0 heterocycles. The molecule has 0 unspecified atom stereocenters. The standard InChI is InChI=1S/C27H44O4/c1-17(2)7-6-8-18(3)21-9-10-22-20-16-25(30-31-29)24-15-19(28)11-13-27(24,5)23(20)12-14-26(21,22)4/h15,17-18,20-23,25,29H,6-14,16H2,1-5H3/t18-,20+,21-,22+,23+,25-,26-,27-/m1/s1. The van der Waals surface area contributed by atoms with Crippen molar-refractivity contribution in [2.24, 2.45) is 46.3 Å². The predicted molar refractivity (Wildman–Crippen MR) is 122 cm³/mol. The Morgan fingerprint density at radius 1 is 1.10 bits per heavy atom. The van der Waals surface area contributed by atoms with Crippen LogP contribution in [0.2, 0.25) is 0 Å². The van der Waals surface area contributed by atoms with Crippen molar-refractivity contribution in [3.05, 3.63) is 11.6 Å². The average molecular weight is 433 g/mol. The zero-order valence-corrected chi connectivity index (χ0v) is 20.4. The molecule has 0 aromatic heterocycles. The molecule has 176 valence electrons. The number of hydrogen-bond acceptors (Lipinski definition) is 4. The molecule has 1 N–H and O–H groups in total. The van der Waals surface area contributed by atoms with E-state index in [4.69, 9.17) is 10.1 Å². The van der Waals surface area contributed by atoms with E-state index in [1.54, 1.807) is 0 Å². The Hall–Kier alpha value is -0.710. The summed E-state index contributed by atoms with van der Waals surface area (Å²) in [5, 5.41) is 13.3. The molecule has 0 aromatic rings. The second-order valence-electron chi connectivity index (χ2n) is 12.3. The van der Waals surface area contributed by atoms with Gasteiger partial charge in [0.25, 0.3) is 0 Å². The Labute approximate surface area is 189 Å². The van der Waals surface area contributed by atoms with Crippen LogP contribution in [0.4, 0.5) is 0 Å². The van der Waals surface area contributed by atoms with Gasteiger partial charge in [0.1, 0.15) is 6.10 Å². The molecule has 0 aliphatic heterocycles. The molecule has 0 spiro atoms. The molecule has 4 nitrogen and oxygen atoms in total. The first kappa shape index (κ1) is 23.4. The van der Waals surface area contributed by atoms with E-state index in [1.807, 2.05) is 6.08 Å². The van der Waals surface area contributed by atoms with E-state index in [0.29, 0.717) is 29.6 Å². The molecule has 4 aliphatic carbocycles. The second kappa shape index (κ2) is 8.91. The van der Waals surface area contributed by atoms with Crippen LogP contribution in [-0.4, -0.2) is 17.1 Å². The lowest BCUT2D eigenvalue weighted by molar-refractivity contribution is -0.505. The van der Waals surface area contributed by atoms with Gasteiger partial charge in [-0.1, -0.05) is 58.9 Å². The SMILES string of the molecule is CC(C)CCC[C@@H](C)[C@H]1CC[C@H]2[C@@H]3C[C@@H](OOO)C4=CC(=O)CC[C@]4(C)[C@H]3CC[C@]12C. The van der Waals surface area contributed by atoms with Crippen molar-refractivity contribution >= 4 is 5.78 Å². The molecule has 0 aromatic carbocycles. The molecule has 0 saturated heterocycles. The minimum absolute atomic E-state index is 0.0116. The minimum Gasteiger partial charge on any atom is -0.295 e. The predicted octanol–water partition coefficient (Wildman–Crippen LogP) is 7.00. The van der Waals surface area contributed by atoms with Crippen molar-refractivity contribution in [3.8, 4) is 0 Å². The third kappa shape index (κ3) is 4.06. The fourth-order valence-electron chi connectivity index (χ4n) is 8.75. The van der Waals surface area contributed by atoms with Gasteiger partial charge < -0.3 is 0 Å². The van der Waals surface area contributed by atoms with Crippen molar-refractivity contribution in [2.75, 3.05) is 0 Å². The summed E-state index contributed by atoms with van der Waals surface area (Å²) in [6.45, 7) is 12.1. The van der Waals surface area contributed by atoms with Crippen LogP contribution >= 0.6 is 0 Å². The van der Waals surface area contributed by atoms with Gasteiger partial charge in [-0.25, -0.2) is 5.26 Å². The summed E-state index contributed by atoms with van der Waals surface area (Å²) in [6.07, 6.45) is 13.2. The molecule has 4 rings (SSSR count). The van der Waals surface area contributed by atoms with Gasteiger partial charge in [-0.3, -0.25) is 4.79 Å². The molecule has 4 aliphatic rings. The van der Waals surface area contributed by atoms with E-state index >= 15 is 0 Å². The maximum absolute atomic E-state index is 12.2. The van der Waals surface area contributed by atoms with Gasteiger partial charge in [-0.05, 0) is 96.5 Å². The number of carbonyl (C=O) groups excluding carboxylic acids is 1. The van der Waals surface area contributed by atoms with Gasteiger partial charge in [0.15, 0.2) is 5.78 Å². The number of ketones is 1. The van der Waals surface area contributed by atoms with E-state index in [0.717, 1.165) is 36.2 Å². The number of carbonyl (C=O) groups is 1. The van der Waals surface area contributed by atoms with E-state index in [1.165, 1.54) is 44.9 Å². The van der Waals surface area contributed by atoms with Gasteiger partial charge >= 0.3 is 0 Å². The molecular weight excluding hydrogens is 388 g/mol. The van der Waals surface area contributed by atoms with E-state index in [-0.39, 0.29) is 17.3 Å². The average Bonchev–Trinajstić information content (AvgIpc) is 3.06. The third-order valence-electron chi connectivity index (χ3n) is 10.3. The highest BCUT2D eigenvalue weighted by Gasteiger charge is 2.61. The highest BCUT2D eigenvalue weighted by molar-refractivity contribution is 5.91.